The first-order valence-corrected chi connectivity index (χ1v) is 6.85. The lowest BCUT2D eigenvalue weighted by Crippen LogP contribution is -2.37. The van der Waals surface area contributed by atoms with Crippen LogP contribution in [0.3, 0.4) is 0 Å². The highest BCUT2D eigenvalue weighted by Gasteiger charge is 2.22. The van der Waals surface area contributed by atoms with E-state index >= 15 is 0 Å². The number of rotatable bonds is 6. The van der Waals surface area contributed by atoms with Crippen LogP contribution in [-0.4, -0.2) is 26.3 Å². The number of hydrogen-bond donors (Lipinski definition) is 1. The van der Waals surface area contributed by atoms with Crippen molar-refractivity contribution in [1.29, 1.82) is 0 Å². The Hall–Kier alpha value is -0.0800. The first kappa shape index (κ1) is 14.0. The summed E-state index contributed by atoms with van der Waals surface area (Å²) < 4.78 is 5.15. The van der Waals surface area contributed by atoms with E-state index < -0.39 is 0 Å². The molecule has 0 saturated heterocycles. The van der Waals surface area contributed by atoms with Gasteiger partial charge in [0.25, 0.3) is 0 Å². The number of hydrogen-bond acceptors (Lipinski definition) is 2. The Bertz CT molecular complexity index is 174. The van der Waals surface area contributed by atoms with Crippen molar-refractivity contribution in [1.82, 2.24) is 5.32 Å². The summed E-state index contributed by atoms with van der Waals surface area (Å²) in [7, 11) is 1.78. The van der Waals surface area contributed by atoms with Crippen LogP contribution in [0.4, 0.5) is 0 Å². The molecule has 0 aromatic heterocycles. The number of methoxy groups -OCH3 is 1. The van der Waals surface area contributed by atoms with Gasteiger partial charge in [-0.15, -0.1) is 0 Å². The van der Waals surface area contributed by atoms with Crippen LogP contribution < -0.4 is 5.32 Å². The maximum absolute atomic E-state index is 5.15. The van der Waals surface area contributed by atoms with Gasteiger partial charge < -0.3 is 10.1 Å². The zero-order chi connectivity index (χ0) is 12.0. The van der Waals surface area contributed by atoms with E-state index in [1.807, 2.05) is 0 Å². The van der Waals surface area contributed by atoms with Crippen molar-refractivity contribution in [3.05, 3.63) is 0 Å². The van der Waals surface area contributed by atoms with E-state index in [0.717, 1.165) is 31.0 Å². The first-order valence-electron chi connectivity index (χ1n) is 6.85. The lowest BCUT2D eigenvalue weighted by molar-refractivity contribution is 0.153. The minimum Gasteiger partial charge on any atom is -0.384 e. The van der Waals surface area contributed by atoms with Crippen molar-refractivity contribution in [3.63, 3.8) is 0 Å². The van der Waals surface area contributed by atoms with Crippen molar-refractivity contribution in [2.45, 2.75) is 52.5 Å². The van der Waals surface area contributed by atoms with Gasteiger partial charge in [0.2, 0.25) is 0 Å². The predicted molar refractivity (Wildman–Crippen MR) is 69.6 cm³/mol. The first-order chi connectivity index (χ1) is 7.63. The molecule has 1 aliphatic rings. The second-order valence-corrected chi connectivity index (χ2v) is 5.82. The molecule has 1 rings (SSSR count). The van der Waals surface area contributed by atoms with Gasteiger partial charge in [-0.2, -0.15) is 0 Å². The molecule has 0 aromatic rings. The standard InChI is InChI=1S/C14H29NO/c1-11(2)13-5-7-14(8-6-13)15-9-12(3)10-16-4/h11-15H,5-10H2,1-4H3. The fourth-order valence-electron chi connectivity index (χ4n) is 2.70. The van der Waals surface area contributed by atoms with Gasteiger partial charge in [0, 0.05) is 26.3 Å². The summed E-state index contributed by atoms with van der Waals surface area (Å²) in [5.41, 5.74) is 0. The molecule has 2 heteroatoms. The van der Waals surface area contributed by atoms with Crippen molar-refractivity contribution in [2.75, 3.05) is 20.3 Å². The van der Waals surface area contributed by atoms with Crippen LogP contribution in [0.2, 0.25) is 0 Å². The van der Waals surface area contributed by atoms with Crippen molar-refractivity contribution in [2.24, 2.45) is 17.8 Å². The normalized spacial score (nSPS) is 28.3. The molecule has 0 bridgehead atoms. The van der Waals surface area contributed by atoms with Gasteiger partial charge >= 0.3 is 0 Å². The zero-order valence-corrected chi connectivity index (χ0v) is 11.5. The Morgan fingerprint density at radius 1 is 1.12 bits per heavy atom. The summed E-state index contributed by atoms with van der Waals surface area (Å²) in [6.45, 7) is 8.94. The van der Waals surface area contributed by atoms with Crippen LogP contribution >= 0.6 is 0 Å². The SMILES string of the molecule is COCC(C)CNC1CCC(C(C)C)CC1. The summed E-state index contributed by atoms with van der Waals surface area (Å²) in [5.74, 6) is 2.47. The van der Waals surface area contributed by atoms with Crippen LogP contribution in [0.15, 0.2) is 0 Å². The van der Waals surface area contributed by atoms with Gasteiger partial charge in [-0.25, -0.2) is 0 Å². The minimum absolute atomic E-state index is 0.632. The second-order valence-electron chi connectivity index (χ2n) is 5.82. The van der Waals surface area contributed by atoms with E-state index in [1.165, 1.54) is 25.7 Å². The summed E-state index contributed by atoms with van der Waals surface area (Å²) >= 11 is 0. The van der Waals surface area contributed by atoms with Crippen LogP contribution in [0, 0.1) is 17.8 Å². The Morgan fingerprint density at radius 3 is 2.25 bits per heavy atom. The van der Waals surface area contributed by atoms with E-state index in [9.17, 15) is 0 Å². The zero-order valence-electron chi connectivity index (χ0n) is 11.5. The van der Waals surface area contributed by atoms with Crippen molar-refractivity contribution >= 4 is 0 Å². The quantitative estimate of drug-likeness (QED) is 0.753. The third-order valence-electron chi connectivity index (χ3n) is 3.92. The molecule has 0 radical (unpaired) electrons. The van der Waals surface area contributed by atoms with Crippen LogP contribution in [0.5, 0.6) is 0 Å². The van der Waals surface area contributed by atoms with Crippen LogP contribution in [0.1, 0.15) is 46.5 Å². The Morgan fingerprint density at radius 2 is 1.75 bits per heavy atom. The molecule has 0 heterocycles. The van der Waals surface area contributed by atoms with Gasteiger partial charge in [-0.3, -0.25) is 0 Å². The van der Waals surface area contributed by atoms with E-state index in [4.69, 9.17) is 4.74 Å². The molecule has 2 nitrogen and oxygen atoms in total. The van der Waals surface area contributed by atoms with E-state index in [1.54, 1.807) is 7.11 Å². The molecular weight excluding hydrogens is 198 g/mol. The maximum atomic E-state index is 5.15. The van der Waals surface area contributed by atoms with Crippen LogP contribution in [0.25, 0.3) is 0 Å². The summed E-state index contributed by atoms with van der Waals surface area (Å²) in [5, 5.41) is 3.69. The second kappa shape index (κ2) is 7.29. The topological polar surface area (TPSA) is 21.3 Å². The molecule has 1 saturated carbocycles. The lowest BCUT2D eigenvalue weighted by Gasteiger charge is -2.32. The van der Waals surface area contributed by atoms with Gasteiger partial charge in [0.05, 0.1) is 0 Å². The summed E-state index contributed by atoms with van der Waals surface area (Å²) in [4.78, 5) is 0. The van der Waals surface area contributed by atoms with E-state index in [0.29, 0.717) is 5.92 Å². The van der Waals surface area contributed by atoms with Crippen molar-refractivity contribution in [3.8, 4) is 0 Å². The van der Waals surface area contributed by atoms with Gasteiger partial charge in [0.1, 0.15) is 0 Å². The molecule has 0 spiro atoms. The molecule has 1 N–H and O–H groups in total. The molecule has 0 aliphatic heterocycles. The Kier molecular flexibility index (Phi) is 6.37. The monoisotopic (exact) mass is 227 g/mol. The maximum Gasteiger partial charge on any atom is 0.0499 e. The highest BCUT2D eigenvalue weighted by atomic mass is 16.5. The molecule has 1 aliphatic carbocycles. The third kappa shape index (κ3) is 4.84. The van der Waals surface area contributed by atoms with Gasteiger partial charge in [-0.1, -0.05) is 20.8 Å². The fraction of sp³-hybridized carbons (Fsp3) is 1.00. The number of ether oxygens (including phenoxy) is 1. The average Bonchev–Trinajstić information content (AvgIpc) is 2.27. The van der Waals surface area contributed by atoms with E-state index in [-0.39, 0.29) is 0 Å². The van der Waals surface area contributed by atoms with Gasteiger partial charge in [-0.05, 0) is 43.4 Å². The summed E-state index contributed by atoms with van der Waals surface area (Å²) in [6.07, 6.45) is 5.55. The highest BCUT2D eigenvalue weighted by molar-refractivity contribution is 4.79. The average molecular weight is 227 g/mol. The minimum atomic E-state index is 0.632. The predicted octanol–water partition coefficient (Wildman–Crippen LogP) is 3.07. The molecule has 1 fully saturated rings. The number of nitrogens with one attached hydrogen (secondary N) is 1. The Labute approximate surface area is 101 Å². The fourth-order valence-corrected chi connectivity index (χ4v) is 2.70. The third-order valence-corrected chi connectivity index (χ3v) is 3.92. The molecule has 96 valence electrons. The van der Waals surface area contributed by atoms with E-state index in [2.05, 4.69) is 26.1 Å². The largest absolute Gasteiger partial charge is 0.384 e. The summed E-state index contributed by atoms with van der Waals surface area (Å²) in [6, 6.07) is 0.759. The highest BCUT2D eigenvalue weighted by Crippen LogP contribution is 2.29. The smallest absolute Gasteiger partial charge is 0.0499 e. The van der Waals surface area contributed by atoms with Gasteiger partial charge in [0.15, 0.2) is 0 Å². The molecular formula is C14H29NO. The molecule has 1 unspecified atom stereocenters. The lowest BCUT2D eigenvalue weighted by atomic mass is 9.79. The molecule has 1 atom stereocenters. The molecule has 0 amide bonds. The van der Waals surface area contributed by atoms with Crippen molar-refractivity contribution < 1.29 is 4.74 Å². The van der Waals surface area contributed by atoms with Crippen LogP contribution in [-0.2, 0) is 4.74 Å². The molecule has 16 heavy (non-hydrogen) atoms. The Balaban J connectivity index is 2.12. The molecule has 0 aromatic carbocycles.